The van der Waals surface area contributed by atoms with E-state index in [1.807, 2.05) is 0 Å². The van der Waals surface area contributed by atoms with Gasteiger partial charge in [-0.2, -0.15) is 0 Å². The van der Waals surface area contributed by atoms with Crippen molar-refractivity contribution < 1.29 is 24.0 Å². The second kappa shape index (κ2) is 3.91. The molecule has 0 fully saturated rings. The molecule has 1 aromatic rings. The van der Waals surface area contributed by atoms with Crippen molar-refractivity contribution in [1.82, 2.24) is 0 Å². The number of carboxylic acid groups (broad SMARTS) is 1. The van der Waals surface area contributed by atoms with Crippen molar-refractivity contribution in [1.29, 1.82) is 0 Å². The molecule has 0 atom stereocenters. The maximum Gasteiger partial charge on any atom is 0.339 e. The normalized spacial score (nSPS) is 9.73. The van der Waals surface area contributed by atoms with Crippen molar-refractivity contribution >= 4 is 11.7 Å². The summed E-state index contributed by atoms with van der Waals surface area (Å²) in [6, 6.07) is 1.34. The predicted molar refractivity (Wildman–Crippen MR) is 46.6 cm³/mol. The number of hydrogen-bond donors (Lipinski definition) is 1. The summed E-state index contributed by atoms with van der Waals surface area (Å²) in [4.78, 5) is 20.1. The number of hydrogen-bond acceptors (Lipinski definition) is 4. The minimum atomic E-state index is -1.49. The van der Waals surface area contributed by atoms with Crippen LogP contribution in [0.4, 0.5) is 10.1 Å². The summed E-state index contributed by atoms with van der Waals surface area (Å²) in [7, 11) is 1.08. The molecule has 1 N–H and O–H groups in total. The van der Waals surface area contributed by atoms with E-state index in [9.17, 15) is 19.3 Å². The lowest BCUT2D eigenvalue weighted by Crippen LogP contribution is -2.04. The first-order valence-corrected chi connectivity index (χ1v) is 3.72. The average molecular weight is 215 g/mol. The molecule has 0 spiro atoms. The smallest absolute Gasteiger partial charge is 0.339 e. The standard InChI is InChI=1S/C8H6FNO5/c1-15-7-5(8(11)12)2-4(10(13)14)3-6(7)9/h2-3H,1H3,(H,11,12). The molecule has 0 aliphatic carbocycles. The fourth-order valence-corrected chi connectivity index (χ4v) is 1.05. The second-order valence-corrected chi connectivity index (χ2v) is 2.57. The Morgan fingerprint density at radius 2 is 2.20 bits per heavy atom. The number of aromatic carboxylic acids is 1. The Morgan fingerprint density at radius 3 is 2.60 bits per heavy atom. The van der Waals surface area contributed by atoms with Crippen molar-refractivity contribution in [2.24, 2.45) is 0 Å². The van der Waals surface area contributed by atoms with Gasteiger partial charge < -0.3 is 9.84 Å². The molecular weight excluding hydrogens is 209 g/mol. The molecule has 0 saturated heterocycles. The fourth-order valence-electron chi connectivity index (χ4n) is 1.05. The number of benzene rings is 1. The Morgan fingerprint density at radius 1 is 1.60 bits per heavy atom. The monoisotopic (exact) mass is 215 g/mol. The van der Waals surface area contributed by atoms with Gasteiger partial charge in [-0.05, 0) is 0 Å². The van der Waals surface area contributed by atoms with Gasteiger partial charge in [0.05, 0.1) is 18.1 Å². The van der Waals surface area contributed by atoms with Gasteiger partial charge in [0, 0.05) is 6.07 Å². The zero-order valence-corrected chi connectivity index (χ0v) is 7.56. The number of methoxy groups -OCH3 is 1. The molecule has 15 heavy (non-hydrogen) atoms. The van der Waals surface area contributed by atoms with E-state index >= 15 is 0 Å². The number of halogens is 1. The van der Waals surface area contributed by atoms with Crippen molar-refractivity contribution in [3.63, 3.8) is 0 Å². The second-order valence-electron chi connectivity index (χ2n) is 2.57. The van der Waals surface area contributed by atoms with Gasteiger partial charge in [-0.25, -0.2) is 9.18 Å². The van der Waals surface area contributed by atoms with E-state index in [2.05, 4.69) is 4.74 Å². The van der Waals surface area contributed by atoms with Crippen LogP contribution in [0, 0.1) is 15.9 Å². The molecule has 7 heteroatoms. The largest absolute Gasteiger partial charge is 0.493 e. The van der Waals surface area contributed by atoms with Gasteiger partial charge in [0.2, 0.25) is 0 Å². The van der Waals surface area contributed by atoms with E-state index in [1.54, 1.807) is 0 Å². The van der Waals surface area contributed by atoms with Crippen LogP contribution < -0.4 is 4.74 Å². The van der Waals surface area contributed by atoms with Crippen molar-refractivity contribution in [3.8, 4) is 5.75 Å². The lowest BCUT2D eigenvalue weighted by atomic mass is 10.1. The van der Waals surface area contributed by atoms with Gasteiger partial charge in [0.25, 0.3) is 5.69 Å². The van der Waals surface area contributed by atoms with Crippen LogP contribution in [0.3, 0.4) is 0 Å². The van der Waals surface area contributed by atoms with Gasteiger partial charge in [-0.3, -0.25) is 10.1 Å². The van der Waals surface area contributed by atoms with E-state index in [4.69, 9.17) is 5.11 Å². The third kappa shape index (κ3) is 2.01. The van der Waals surface area contributed by atoms with E-state index in [0.717, 1.165) is 13.2 Å². The van der Waals surface area contributed by atoms with Crippen molar-refractivity contribution in [2.45, 2.75) is 0 Å². The van der Waals surface area contributed by atoms with Crippen LogP contribution in [0.2, 0.25) is 0 Å². The first-order valence-electron chi connectivity index (χ1n) is 3.72. The molecule has 0 amide bonds. The topological polar surface area (TPSA) is 89.7 Å². The highest BCUT2D eigenvalue weighted by atomic mass is 19.1. The number of carbonyl (C=O) groups is 1. The van der Waals surface area contributed by atoms with Crippen LogP contribution in [0.5, 0.6) is 5.75 Å². The van der Waals surface area contributed by atoms with Crippen molar-refractivity contribution in [2.75, 3.05) is 7.11 Å². The summed E-state index contributed by atoms with van der Waals surface area (Å²) < 4.78 is 17.6. The lowest BCUT2D eigenvalue weighted by Gasteiger charge is -2.05. The number of nitro benzene ring substituents is 1. The zero-order valence-electron chi connectivity index (χ0n) is 7.56. The zero-order chi connectivity index (χ0) is 11.6. The molecule has 0 radical (unpaired) electrons. The summed E-state index contributed by atoms with van der Waals surface area (Å²) in [5, 5.41) is 19.0. The molecule has 1 rings (SSSR count). The highest BCUT2D eigenvalue weighted by Crippen LogP contribution is 2.27. The Bertz CT molecular complexity index is 431. The van der Waals surface area contributed by atoms with E-state index in [1.165, 1.54) is 0 Å². The third-order valence-corrected chi connectivity index (χ3v) is 1.67. The molecular formula is C8H6FNO5. The van der Waals surface area contributed by atoms with Crippen molar-refractivity contribution in [3.05, 3.63) is 33.6 Å². The Hall–Kier alpha value is -2.18. The molecule has 6 nitrogen and oxygen atoms in total. The van der Waals surface area contributed by atoms with E-state index < -0.39 is 33.7 Å². The molecule has 0 bridgehead atoms. The minimum absolute atomic E-state index is 0.520. The van der Waals surface area contributed by atoms with Gasteiger partial charge in [0.1, 0.15) is 5.56 Å². The number of non-ortho nitro benzene ring substituents is 1. The maximum absolute atomic E-state index is 13.1. The Balaban J connectivity index is 3.45. The van der Waals surface area contributed by atoms with Crippen LogP contribution >= 0.6 is 0 Å². The maximum atomic E-state index is 13.1. The first-order chi connectivity index (χ1) is 6.97. The molecule has 0 saturated carbocycles. The fraction of sp³-hybridized carbons (Fsp3) is 0.125. The van der Waals surface area contributed by atoms with Crippen LogP contribution in [0.1, 0.15) is 10.4 Å². The van der Waals surface area contributed by atoms with Crippen LogP contribution in [-0.4, -0.2) is 23.1 Å². The number of ether oxygens (including phenoxy) is 1. The van der Waals surface area contributed by atoms with Gasteiger partial charge in [-0.1, -0.05) is 0 Å². The summed E-state index contributed by atoms with van der Waals surface area (Å²) in [6.07, 6.45) is 0. The van der Waals surface area contributed by atoms with E-state index in [0.29, 0.717) is 6.07 Å². The quantitative estimate of drug-likeness (QED) is 0.608. The lowest BCUT2D eigenvalue weighted by molar-refractivity contribution is -0.385. The summed E-state index contributed by atoms with van der Waals surface area (Å²) in [5.74, 6) is -3.09. The minimum Gasteiger partial charge on any atom is -0.493 e. The molecule has 0 aliphatic heterocycles. The number of nitro groups is 1. The van der Waals surface area contributed by atoms with Crippen LogP contribution in [-0.2, 0) is 0 Å². The highest BCUT2D eigenvalue weighted by Gasteiger charge is 2.21. The number of nitrogens with zero attached hydrogens (tertiary/aromatic N) is 1. The summed E-state index contributed by atoms with van der Waals surface area (Å²) >= 11 is 0. The molecule has 0 unspecified atom stereocenters. The van der Waals surface area contributed by atoms with Crippen LogP contribution in [0.25, 0.3) is 0 Å². The molecule has 0 heterocycles. The van der Waals surface area contributed by atoms with Gasteiger partial charge >= 0.3 is 5.97 Å². The molecule has 80 valence electrons. The highest BCUT2D eigenvalue weighted by molar-refractivity contribution is 5.91. The molecule has 1 aromatic carbocycles. The molecule has 0 aliphatic rings. The molecule has 0 aromatic heterocycles. The SMILES string of the molecule is COc1c(F)cc([N+](=O)[O-])cc1C(=O)O. The summed E-state index contributed by atoms with van der Waals surface area (Å²) in [6.45, 7) is 0. The predicted octanol–water partition coefficient (Wildman–Crippen LogP) is 1.44. The summed E-state index contributed by atoms with van der Waals surface area (Å²) in [5.41, 5.74) is -1.21. The third-order valence-electron chi connectivity index (χ3n) is 1.67. The average Bonchev–Trinajstić information content (AvgIpc) is 2.16. The van der Waals surface area contributed by atoms with Gasteiger partial charge in [-0.15, -0.1) is 0 Å². The first kappa shape index (κ1) is 10.9. The number of rotatable bonds is 3. The Labute approximate surface area is 83.0 Å². The van der Waals surface area contributed by atoms with E-state index in [-0.39, 0.29) is 0 Å². The Kier molecular flexibility index (Phi) is 2.84. The number of carboxylic acids is 1. The van der Waals surface area contributed by atoms with Crippen LogP contribution in [0.15, 0.2) is 12.1 Å². The van der Waals surface area contributed by atoms with Gasteiger partial charge in [0.15, 0.2) is 11.6 Å².